The second-order valence-corrected chi connectivity index (χ2v) is 8.81. The Hall–Kier alpha value is -3.52. The number of likely N-dealkylation sites (N-methyl/N-ethyl adjacent to an activating group) is 1. The Bertz CT molecular complexity index is 1340. The van der Waals surface area contributed by atoms with Gasteiger partial charge in [0, 0.05) is 35.6 Å². The number of carbonyl (C=O) groups excluding carboxylic acids is 1. The third kappa shape index (κ3) is 3.02. The Kier molecular flexibility index (Phi) is 4.14. The van der Waals surface area contributed by atoms with Crippen LogP contribution in [0, 0.1) is 0 Å². The molecule has 4 heterocycles. The van der Waals surface area contributed by atoms with Crippen LogP contribution in [0.25, 0.3) is 21.6 Å². The molecule has 2 aliphatic rings. The number of hydrogen-bond donors (Lipinski definition) is 1. The van der Waals surface area contributed by atoms with Crippen LogP contribution < -0.4 is 15.0 Å². The van der Waals surface area contributed by atoms with Gasteiger partial charge < -0.3 is 15.0 Å². The summed E-state index contributed by atoms with van der Waals surface area (Å²) in [4.78, 5) is 30.0. The summed E-state index contributed by atoms with van der Waals surface area (Å²) in [6, 6.07) is 9.62. The number of aromatic nitrogens is 3. The molecule has 154 valence electrons. The van der Waals surface area contributed by atoms with Gasteiger partial charge in [-0.25, -0.2) is 9.97 Å². The van der Waals surface area contributed by atoms with E-state index in [0.717, 1.165) is 45.8 Å². The lowest BCUT2D eigenvalue weighted by Crippen LogP contribution is -2.35. The van der Waals surface area contributed by atoms with Gasteiger partial charge >= 0.3 is 0 Å². The zero-order chi connectivity index (χ0) is 20.9. The quantitative estimate of drug-likeness (QED) is 0.522. The van der Waals surface area contributed by atoms with Crippen molar-refractivity contribution in [1.29, 1.82) is 0 Å². The molecular formula is C23H19N5O2S. The monoisotopic (exact) mass is 429 g/mol. The summed E-state index contributed by atoms with van der Waals surface area (Å²) in [6.45, 7) is 0.0678. The molecule has 0 fully saturated rings. The van der Waals surface area contributed by atoms with E-state index in [1.165, 1.54) is 16.9 Å². The molecule has 4 aromatic rings. The average Bonchev–Trinajstić information content (AvgIpc) is 3.38. The molecule has 8 heteroatoms. The molecule has 1 aliphatic heterocycles. The number of fused-ring (bicyclic) bond motifs is 4. The second kappa shape index (κ2) is 7.02. The first-order valence-electron chi connectivity index (χ1n) is 10.2. The minimum Gasteiger partial charge on any atom is -0.482 e. The highest BCUT2D eigenvalue weighted by atomic mass is 32.1. The molecule has 6 rings (SSSR count). The first-order chi connectivity index (χ1) is 15.2. The maximum absolute atomic E-state index is 12.1. The molecule has 3 aromatic heterocycles. The summed E-state index contributed by atoms with van der Waals surface area (Å²) < 4.78 is 5.56. The van der Waals surface area contributed by atoms with Gasteiger partial charge in [0.1, 0.15) is 16.4 Å². The molecule has 0 saturated carbocycles. The average molecular weight is 430 g/mol. The lowest BCUT2D eigenvalue weighted by atomic mass is 10.1. The van der Waals surface area contributed by atoms with Gasteiger partial charge in [-0.3, -0.25) is 9.78 Å². The predicted octanol–water partition coefficient (Wildman–Crippen LogP) is 4.34. The maximum atomic E-state index is 12.1. The fourth-order valence-corrected chi connectivity index (χ4v) is 5.46. The fourth-order valence-electron chi connectivity index (χ4n) is 4.20. The molecule has 1 amide bonds. The number of thiophene rings is 1. The lowest BCUT2D eigenvalue weighted by molar-refractivity contribution is -0.120. The van der Waals surface area contributed by atoms with Gasteiger partial charge in [0.25, 0.3) is 5.91 Å². The summed E-state index contributed by atoms with van der Waals surface area (Å²) in [5.74, 6) is 2.07. The number of rotatable bonds is 3. The largest absolute Gasteiger partial charge is 0.482 e. The van der Waals surface area contributed by atoms with Gasteiger partial charge in [-0.1, -0.05) is 0 Å². The third-order valence-electron chi connectivity index (χ3n) is 5.79. The van der Waals surface area contributed by atoms with Crippen LogP contribution in [0.2, 0.25) is 0 Å². The number of pyridine rings is 1. The Morgan fingerprint density at radius 3 is 3.00 bits per heavy atom. The number of nitrogens with zero attached hydrogens (tertiary/aromatic N) is 4. The number of anilines is 3. The van der Waals surface area contributed by atoms with Crippen LogP contribution in [-0.2, 0) is 17.6 Å². The van der Waals surface area contributed by atoms with Crippen molar-refractivity contribution in [3.63, 3.8) is 0 Å². The van der Waals surface area contributed by atoms with E-state index in [-0.39, 0.29) is 12.5 Å². The van der Waals surface area contributed by atoms with Gasteiger partial charge in [-0.2, -0.15) is 0 Å². The van der Waals surface area contributed by atoms with Crippen LogP contribution in [0.4, 0.5) is 17.2 Å². The summed E-state index contributed by atoms with van der Waals surface area (Å²) in [7, 11) is 1.77. The Labute approximate surface area is 182 Å². The molecule has 1 aromatic carbocycles. The van der Waals surface area contributed by atoms with Gasteiger partial charge in [0.05, 0.1) is 11.1 Å². The van der Waals surface area contributed by atoms with Gasteiger partial charge in [0.15, 0.2) is 12.4 Å². The van der Waals surface area contributed by atoms with E-state index in [9.17, 15) is 4.79 Å². The topological polar surface area (TPSA) is 80.2 Å². The molecule has 7 nitrogen and oxygen atoms in total. The molecule has 0 unspecified atom stereocenters. The molecule has 0 saturated heterocycles. The van der Waals surface area contributed by atoms with Gasteiger partial charge in [-0.05, 0) is 55.2 Å². The van der Waals surface area contributed by atoms with E-state index in [0.29, 0.717) is 11.6 Å². The first-order valence-corrected chi connectivity index (χ1v) is 11.0. The third-order valence-corrected chi connectivity index (χ3v) is 6.98. The van der Waals surface area contributed by atoms with Crippen LogP contribution in [0.1, 0.15) is 16.9 Å². The first kappa shape index (κ1) is 18.3. The van der Waals surface area contributed by atoms with E-state index < -0.39 is 0 Å². The molecule has 31 heavy (non-hydrogen) atoms. The molecular weight excluding hydrogens is 410 g/mol. The second-order valence-electron chi connectivity index (χ2n) is 7.72. The Morgan fingerprint density at radius 2 is 2.13 bits per heavy atom. The highest BCUT2D eigenvalue weighted by Crippen LogP contribution is 2.42. The SMILES string of the molecule is CN1C(=O)COc2ccc(Nc3nc(-c4cccnc4)nc4sc5c(c34)CCC5)cc21. The summed E-state index contributed by atoms with van der Waals surface area (Å²) in [6.07, 6.45) is 6.84. The van der Waals surface area contributed by atoms with E-state index in [2.05, 4.69) is 10.3 Å². The molecule has 0 radical (unpaired) electrons. The summed E-state index contributed by atoms with van der Waals surface area (Å²) in [5.41, 5.74) is 3.83. The van der Waals surface area contributed by atoms with Crippen LogP contribution in [0.5, 0.6) is 5.75 Å². The minimum atomic E-state index is -0.0661. The number of hydrogen-bond acceptors (Lipinski definition) is 7. The van der Waals surface area contributed by atoms with Gasteiger partial charge in [-0.15, -0.1) is 11.3 Å². The van der Waals surface area contributed by atoms with E-state index in [4.69, 9.17) is 14.7 Å². The molecule has 1 N–H and O–H groups in total. The summed E-state index contributed by atoms with van der Waals surface area (Å²) >= 11 is 1.76. The van der Waals surface area contributed by atoms with E-state index in [1.807, 2.05) is 30.3 Å². The molecule has 0 spiro atoms. The molecule has 0 bridgehead atoms. The van der Waals surface area contributed by atoms with Crippen LogP contribution >= 0.6 is 11.3 Å². The van der Waals surface area contributed by atoms with Crippen molar-refractivity contribution >= 4 is 44.7 Å². The van der Waals surface area contributed by atoms with Crippen molar-refractivity contribution in [2.75, 3.05) is 23.9 Å². The standard InChI is InChI=1S/C23H19N5O2S/c1-28-16-10-14(7-8-17(16)30-12-19(28)29)25-22-20-15-5-2-6-18(15)31-23(20)27-21(26-22)13-4-3-9-24-11-13/h3-4,7-11H,2,5-6,12H2,1H3,(H,25,26,27). The Morgan fingerprint density at radius 1 is 1.19 bits per heavy atom. The molecule has 1 aliphatic carbocycles. The zero-order valence-electron chi connectivity index (χ0n) is 16.9. The van der Waals surface area contributed by atoms with Gasteiger partial charge in [0.2, 0.25) is 0 Å². The van der Waals surface area contributed by atoms with Crippen molar-refractivity contribution in [2.24, 2.45) is 0 Å². The molecule has 0 atom stereocenters. The summed E-state index contributed by atoms with van der Waals surface area (Å²) in [5, 5.41) is 4.60. The van der Waals surface area contributed by atoms with Crippen molar-refractivity contribution in [3.8, 4) is 17.1 Å². The normalized spacial score (nSPS) is 15.0. The minimum absolute atomic E-state index is 0.0661. The van der Waals surface area contributed by atoms with Crippen LogP contribution in [-0.4, -0.2) is 34.5 Å². The lowest BCUT2D eigenvalue weighted by Gasteiger charge is -2.26. The Balaban J connectivity index is 1.48. The number of amides is 1. The maximum Gasteiger partial charge on any atom is 0.264 e. The smallest absolute Gasteiger partial charge is 0.264 e. The number of benzene rings is 1. The number of nitrogens with one attached hydrogen (secondary N) is 1. The van der Waals surface area contributed by atoms with Crippen molar-refractivity contribution in [3.05, 3.63) is 53.2 Å². The highest BCUT2D eigenvalue weighted by molar-refractivity contribution is 7.19. The van der Waals surface area contributed by atoms with Crippen molar-refractivity contribution in [1.82, 2.24) is 15.0 Å². The number of ether oxygens (including phenoxy) is 1. The van der Waals surface area contributed by atoms with Crippen molar-refractivity contribution in [2.45, 2.75) is 19.3 Å². The zero-order valence-corrected chi connectivity index (χ0v) is 17.7. The van der Waals surface area contributed by atoms with Crippen LogP contribution in [0.3, 0.4) is 0 Å². The van der Waals surface area contributed by atoms with Crippen molar-refractivity contribution < 1.29 is 9.53 Å². The predicted molar refractivity (Wildman–Crippen MR) is 121 cm³/mol. The van der Waals surface area contributed by atoms with E-state index >= 15 is 0 Å². The number of carbonyl (C=O) groups is 1. The van der Waals surface area contributed by atoms with E-state index in [1.54, 1.807) is 35.7 Å². The fraction of sp³-hybridized carbons (Fsp3) is 0.217. The highest BCUT2D eigenvalue weighted by Gasteiger charge is 2.25. The number of aryl methyl sites for hydroxylation is 2. The van der Waals surface area contributed by atoms with Crippen LogP contribution in [0.15, 0.2) is 42.7 Å².